The minimum atomic E-state index is -0.496. The second kappa shape index (κ2) is 6.38. The fourth-order valence-electron chi connectivity index (χ4n) is 3.50. The maximum absolute atomic E-state index is 13.6. The third-order valence-electron chi connectivity index (χ3n) is 4.56. The van der Waals surface area contributed by atoms with Crippen LogP contribution in [0.2, 0.25) is 0 Å². The van der Waals surface area contributed by atoms with E-state index in [4.69, 9.17) is 0 Å². The van der Waals surface area contributed by atoms with Crippen molar-refractivity contribution >= 4 is 0 Å². The zero-order valence-electron chi connectivity index (χ0n) is 12.5. The summed E-state index contributed by atoms with van der Waals surface area (Å²) >= 11 is 0. The number of hydrogen-bond donors (Lipinski definition) is 1. The van der Waals surface area contributed by atoms with Gasteiger partial charge in [-0.3, -0.25) is 9.80 Å². The van der Waals surface area contributed by atoms with Crippen LogP contribution in [0.25, 0.3) is 0 Å². The molecule has 0 spiro atoms. The molecule has 116 valence electrons. The average molecular weight is 295 g/mol. The number of nitrogens with one attached hydrogen (secondary N) is 1. The summed E-state index contributed by atoms with van der Waals surface area (Å²) in [7, 11) is 0. The molecule has 5 heteroatoms. The average Bonchev–Trinajstić information content (AvgIpc) is 2.48. The molecule has 3 saturated heterocycles. The molecule has 1 N–H and O–H groups in total. The van der Waals surface area contributed by atoms with Crippen molar-refractivity contribution in [2.24, 2.45) is 0 Å². The van der Waals surface area contributed by atoms with E-state index in [0.29, 0.717) is 6.04 Å². The third kappa shape index (κ3) is 3.25. The standard InChI is InChI=1S/C16H23F2N3/c1-2-3-19-16(12-8-13(17)10-14(18)9-12)15-11-20-4-6-21(15)7-5-20/h8-10,15-16,19H,2-7,11H2,1H3. The molecule has 3 nitrogen and oxygen atoms in total. The highest BCUT2D eigenvalue weighted by molar-refractivity contribution is 5.24. The van der Waals surface area contributed by atoms with Gasteiger partial charge in [-0.15, -0.1) is 0 Å². The Kier molecular flexibility index (Phi) is 4.52. The van der Waals surface area contributed by atoms with Gasteiger partial charge in [0.2, 0.25) is 0 Å². The van der Waals surface area contributed by atoms with Crippen molar-refractivity contribution in [3.63, 3.8) is 0 Å². The van der Waals surface area contributed by atoms with E-state index in [9.17, 15) is 8.78 Å². The molecule has 2 bridgehead atoms. The smallest absolute Gasteiger partial charge is 0.126 e. The van der Waals surface area contributed by atoms with Crippen LogP contribution in [0.1, 0.15) is 24.9 Å². The fraction of sp³-hybridized carbons (Fsp3) is 0.625. The van der Waals surface area contributed by atoms with Crippen LogP contribution < -0.4 is 5.32 Å². The monoisotopic (exact) mass is 295 g/mol. The Morgan fingerprint density at radius 3 is 2.33 bits per heavy atom. The number of piperazine rings is 3. The van der Waals surface area contributed by atoms with Gasteiger partial charge in [0.05, 0.1) is 0 Å². The largest absolute Gasteiger partial charge is 0.309 e. The summed E-state index contributed by atoms with van der Waals surface area (Å²) in [5.41, 5.74) is 0.722. The molecule has 0 aliphatic carbocycles. The van der Waals surface area contributed by atoms with Crippen molar-refractivity contribution in [1.29, 1.82) is 0 Å². The summed E-state index contributed by atoms with van der Waals surface area (Å²) in [4.78, 5) is 4.90. The Labute approximate surface area is 124 Å². The van der Waals surface area contributed by atoms with Crippen LogP contribution in [0.4, 0.5) is 8.78 Å². The molecule has 3 aliphatic heterocycles. The van der Waals surface area contributed by atoms with Crippen LogP contribution in [0.5, 0.6) is 0 Å². The zero-order chi connectivity index (χ0) is 14.8. The van der Waals surface area contributed by atoms with Gasteiger partial charge in [0.15, 0.2) is 0 Å². The second-order valence-corrected chi connectivity index (χ2v) is 6.04. The Bertz CT molecular complexity index is 466. The van der Waals surface area contributed by atoms with Gasteiger partial charge in [-0.2, -0.15) is 0 Å². The van der Waals surface area contributed by atoms with Crippen molar-refractivity contribution < 1.29 is 8.78 Å². The fourth-order valence-corrected chi connectivity index (χ4v) is 3.50. The summed E-state index contributed by atoms with van der Waals surface area (Å²) in [5, 5.41) is 3.49. The highest BCUT2D eigenvalue weighted by atomic mass is 19.1. The molecule has 1 aromatic carbocycles. The van der Waals surface area contributed by atoms with E-state index in [1.165, 1.54) is 12.1 Å². The SMILES string of the molecule is CCCNC(c1cc(F)cc(F)c1)C1CN2CCN1CC2. The Balaban J connectivity index is 1.86. The lowest BCUT2D eigenvalue weighted by molar-refractivity contribution is -0.00372. The van der Waals surface area contributed by atoms with Crippen molar-refractivity contribution in [3.05, 3.63) is 35.4 Å². The first-order valence-corrected chi connectivity index (χ1v) is 7.83. The summed E-state index contributed by atoms with van der Waals surface area (Å²) in [5.74, 6) is -0.992. The molecule has 1 aromatic rings. The molecule has 4 rings (SSSR count). The molecule has 0 amide bonds. The molecule has 0 aromatic heterocycles. The Morgan fingerprint density at radius 2 is 1.81 bits per heavy atom. The summed E-state index contributed by atoms with van der Waals surface area (Å²) in [6.07, 6.45) is 1.00. The van der Waals surface area contributed by atoms with E-state index >= 15 is 0 Å². The van der Waals surface area contributed by atoms with Gasteiger partial charge in [-0.1, -0.05) is 6.92 Å². The minimum Gasteiger partial charge on any atom is -0.309 e. The molecule has 0 radical (unpaired) electrons. The zero-order valence-corrected chi connectivity index (χ0v) is 12.5. The van der Waals surface area contributed by atoms with Gasteiger partial charge in [-0.25, -0.2) is 8.78 Å². The molecule has 3 aliphatic rings. The van der Waals surface area contributed by atoms with E-state index in [0.717, 1.165) is 57.3 Å². The number of rotatable bonds is 5. The van der Waals surface area contributed by atoms with Gasteiger partial charge in [0.25, 0.3) is 0 Å². The molecule has 3 heterocycles. The topological polar surface area (TPSA) is 18.5 Å². The van der Waals surface area contributed by atoms with Gasteiger partial charge in [-0.05, 0) is 30.7 Å². The van der Waals surface area contributed by atoms with Crippen LogP contribution in [0.3, 0.4) is 0 Å². The molecular weight excluding hydrogens is 272 g/mol. The number of nitrogens with zero attached hydrogens (tertiary/aromatic N) is 2. The normalized spacial score (nSPS) is 29.6. The van der Waals surface area contributed by atoms with E-state index in [1.54, 1.807) is 0 Å². The quantitative estimate of drug-likeness (QED) is 0.896. The lowest BCUT2D eigenvalue weighted by Crippen LogP contribution is -2.64. The molecule has 2 atom stereocenters. The highest BCUT2D eigenvalue weighted by Gasteiger charge is 2.37. The van der Waals surface area contributed by atoms with Crippen LogP contribution in [0, 0.1) is 11.6 Å². The number of hydrogen-bond acceptors (Lipinski definition) is 3. The number of benzene rings is 1. The predicted octanol–water partition coefficient (Wildman–Crippen LogP) is 2.01. The van der Waals surface area contributed by atoms with E-state index in [1.807, 2.05) is 0 Å². The van der Waals surface area contributed by atoms with Crippen molar-refractivity contribution in [3.8, 4) is 0 Å². The molecular formula is C16H23F2N3. The molecule has 3 fully saturated rings. The lowest BCUT2D eigenvalue weighted by atomic mass is 9.93. The van der Waals surface area contributed by atoms with Gasteiger partial charge in [0.1, 0.15) is 11.6 Å². The van der Waals surface area contributed by atoms with E-state index in [-0.39, 0.29) is 6.04 Å². The Morgan fingerprint density at radius 1 is 1.14 bits per heavy atom. The van der Waals surface area contributed by atoms with Gasteiger partial charge in [0, 0.05) is 50.9 Å². The number of halogens is 2. The molecule has 0 saturated carbocycles. The van der Waals surface area contributed by atoms with Gasteiger partial charge >= 0.3 is 0 Å². The first-order chi connectivity index (χ1) is 10.2. The highest BCUT2D eigenvalue weighted by Crippen LogP contribution is 2.28. The van der Waals surface area contributed by atoms with Crippen LogP contribution >= 0.6 is 0 Å². The van der Waals surface area contributed by atoms with Crippen LogP contribution in [-0.4, -0.2) is 55.1 Å². The minimum absolute atomic E-state index is 0.0155. The van der Waals surface area contributed by atoms with E-state index < -0.39 is 11.6 Å². The van der Waals surface area contributed by atoms with Crippen LogP contribution in [0.15, 0.2) is 18.2 Å². The summed E-state index contributed by atoms with van der Waals surface area (Å²) in [6, 6.07) is 4.15. The molecule has 2 unspecified atom stereocenters. The van der Waals surface area contributed by atoms with Gasteiger partial charge < -0.3 is 5.32 Å². The molecule has 21 heavy (non-hydrogen) atoms. The third-order valence-corrected chi connectivity index (χ3v) is 4.56. The van der Waals surface area contributed by atoms with E-state index in [2.05, 4.69) is 22.0 Å². The van der Waals surface area contributed by atoms with Crippen molar-refractivity contribution in [1.82, 2.24) is 15.1 Å². The lowest BCUT2D eigenvalue weighted by Gasteiger charge is -2.50. The Hall–Kier alpha value is -1.04. The maximum atomic E-state index is 13.6. The summed E-state index contributed by atoms with van der Waals surface area (Å²) in [6.45, 7) is 8.24. The summed E-state index contributed by atoms with van der Waals surface area (Å²) < 4.78 is 27.1. The van der Waals surface area contributed by atoms with Crippen molar-refractivity contribution in [2.45, 2.75) is 25.4 Å². The first-order valence-electron chi connectivity index (χ1n) is 7.83. The maximum Gasteiger partial charge on any atom is 0.126 e. The predicted molar refractivity (Wildman–Crippen MR) is 79.2 cm³/mol. The number of fused-ring (bicyclic) bond motifs is 3. The first kappa shape index (κ1) is 14.9. The van der Waals surface area contributed by atoms with Crippen LogP contribution in [-0.2, 0) is 0 Å². The van der Waals surface area contributed by atoms with Crippen molar-refractivity contribution in [2.75, 3.05) is 39.3 Å². The second-order valence-electron chi connectivity index (χ2n) is 6.04.